The number of fused-ring (bicyclic) bond motifs is 12. The van der Waals surface area contributed by atoms with Crippen LogP contribution in [0, 0.1) is 17.5 Å². The first-order valence-corrected chi connectivity index (χ1v) is 18.2. The Labute approximate surface area is 284 Å². The van der Waals surface area contributed by atoms with Crippen LogP contribution in [0.5, 0.6) is 0 Å². The molecule has 9 rings (SSSR count). The van der Waals surface area contributed by atoms with E-state index in [2.05, 4.69) is 71.6 Å². The van der Waals surface area contributed by atoms with E-state index in [4.69, 9.17) is 0 Å². The summed E-state index contributed by atoms with van der Waals surface area (Å²) < 4.78 is 45.5. The van der Waals surface area contributed by atoms with Gasteiger partial charge in [-0.3, -0.25) is 0 Å². The van der Waals surface area contributed by atoms with Gasteiger partial charge in [-0.2, -0.15) is 0 Å². The van der Waals surface area contributed by atoms with Crippen molar-refractivity contribution in [1.29, 1.82) is 0 Å². The molecule has 0 aromatic heterocycles. The van der Waals surface area contributed by atoms with E-state index in [1.807, 2.05) is 0 Å². The van der Waals surface area contributed by atoms with Gasteiger partial charge >= 0.3 is 287 Å². The number of para-hydroxylation sites is 2. The second-order valence-corrected chi connectivity index (χ2v) is 25.1. The van der Waals surface area contributed by atoms with Crippen LogP contribution in [-0.2, 0) is 5.95 Å². The van der Waals surface area contributed by atoms with Gasteiger partial charge in [0.15, 0.2) is 0 Å². The van der Waals surface area contributed by atoms with E-state index in [1.54, 1.807) is 36.4 Å². The van der Waals surface area contributed by atoms with Gasteiger partial charge in [0, 0.05) is 0 Å². The Morgan fingerprint density at radius 1 is 0.432 bits per heavy atom. The van der Waals surface area contributed by atoms with E-state index in [9.17, 15) is 0 Å². The Morgan fingerprint density at radius 2 is 0.818 bits per heavy atom. The Balaban J connectivity index is 1.39. The van der Waals surface area contributed by atoms with Crippen molar-refractivity contribution >= 4 is 68.6 Å². The summed E-state index contributed by atoms with van der Waals surface area (Å²) >= 11 is 1.99. The first-order valence-electron chi connectivity index (χ1n) is 14.3. The molecule has 1 heterocycles. The molecular weight excluding hydrogens is 942 g/mol. The zero-order valence-electron chi connectivity index (χ0n) is 23.1. The zero-order valence-corrected chi connectivity index (χ0v) is 30.9. The van der Waals surface area contributed by atoms with Gasteiger partial charge in [0.25, 0.3) is 0 Å². The number of hydrogen-bond donors (Lipinski definition) is 0. The molecule has 3 aliphatic rings. The molecule has 1 nitrogen and oxygen atoms in total. The average Bonchev–Trinajstić information content (AvgIpc) is 3.46. The molecule has 6 radical (unpaired) electrons. The normalized spacial score (nSPS) is 15.7. The molecule has 0 N–H and O–H groups in total. The fourth-order valence-electron chi connectivity index (χ4n) is 7.80. The molecule has 0 atom stereocenters. The fourth-order valence-corrected chi connectivity index (χ4v) is 11.1. The van der Waals surface area contributed by atoms with Crippen LogP contribution >= 0.6 is 0 Å². The monoisotopic (exact) mass is 963 g/mol. The van der Waals surface area contributed by atoms with Crippen molar-refractivity contribution in [2.45, 2.75) is 5.95 Å². The van der Waals surface area contributed by atoms with Crippen molar-refractivity contribution in [3.63, 3.8) is 0 Å². The summed E-state index contributed by atoms with van der Waals surface area (Å²) in [5, 5.41) is 0. The first-order chi connectivity index (χ1) is 21.3. The second kappa shape index (κ2) is 9.39. The minimum atomic E-state index is -1.08. The molecule has 0 saturated carbocycles. The fraction of sp³-hybridized carbons (Fsp3) is 0.0526. The topological polar surface area (TPSA) is 3.24 Å². The number of hydrogen-bond acceptors (Lipinski definition) is 1. The van der Waals surface area contributed by atoms with E-state index in [0.29, 0.717) is 16.7 Å². The van der Waals surface area contributed by atoms with Gasteiger partial charge in [-0.15, -0.1) is 0 Å². The third kappa shape index (κ3) is 3.44. The minimum absolute atomic E-state index is 0.0633. The second-order valence-electron chi connectivity index (χ2n) is 11.7. The molecule has 6 aromatic rings. The number of nitrogens with zero attached hydrogens (tertiary/aromatic N) is 1. The summed E-state index contributed by atoms with van der Waals surface area (Å²) in [5.41, 5.74) is 11.3. The quantitative estimate of drug-likeness (QED) is 0.149. The number of benzene rings is 6. The number of halogens is 3. The SMILES string of the molecule is Fc1ccc2c(c1)C1(c3cc(F)ccc3-2)c2cc(F)ccc2-c2ccc(N3c4ccccc4[C]([Pb])([Pb])c4ccccc43)cc21. The maximum atomic E-state index is 15.2. The molecule has 6 heteroatoms. The molecule has 206 valence electrons. The third-order valence-corrected chi connectivity index (χ3v) is 13.7. The van der Waals surface area contributed by atoms with Gasteiger partial charge in [0.05, 0.1) is 0 Å². The van der Waals surface area contributed by atoms with E-state index in [-0.39, 0.29) is 18.0 Å². The summed E-state index contributed by atoms with van der Waals surface area (Å²) in [7, 11) is 0. The van der Waals surface area contributed by atoms with Crippen LogP contribution in [0.25, 0.3) is 22.3 Å². The van der Waals surface area contributed by atoms with E-state index >= 15 is 13.2 Å². The van der Waals surface area contributed by atoms with Gasteiger partial charge in [-0.05, 0) is 0 Å². The summed E-state index contributed by atoms with van der Waals surface area (Å²) in [6.45, 7) is 0. The molecule has 6 aromatic carbocycles. The molecule has 1 aliphatic heterocycles. The summed E-state index contributed by atoms with van der Waals surface area (Å²) in [5.74, 6) is -1.14. The van der Waals surface area contributed by atoms with Gasteiger partial charge in [0.2, 0.25) is 0 Å². The van der Waals surface area contributed by atoms with Crippen molar-refractivity contribution < 1.29 is 13.2 Å². The van der Waals surface area contributed by atoms with Crippen molar-refractivity contribution in [1.82, 2.24) is 0 Å². The molecule has 0 saturated heterocycles. The predicted octanol–water partition coefficient (Wildman–Crippen LogP) is 8.77. The van der Waals surface area contributed by atoms with Gasteiger partial charge in [-0.25, -0.2) is 0 Å². The summed E-state index contributed by atoms with van der Waals surface area (Å²) in [4.78, 5) is 2.32. The van der Waals surface area contributed by atoms with Crippen LogP contribution in [-0.4, -0.2) is 51.5 Å². The summed E-state index contributed by atoms with van der Waals surface area (Å²) in [6.07, 6.45) is 0. The van der Waals surface area contributed by atoms with Gasteiger partial charge in [0.1, 0.15) is 0 Å². The first kappa shape index (κ1) is 27.1. The van der Waals surface area contributed by atoms with Gasteiger partial charge < -0.3 is 0 Å². The molecule has 0 bridgehead atoms. The summed E-state index contributed by atoms with van der Waals surface area (Å²) in [6, 6.07) is 38.0. The van der Waals surface area contributed by atoms with Crippen LogP contribution in [0.1, 0.15) is 33.4 Å². The standard InChI is InChI=1S/C38H20F3N.2Pb/c39-24-9-13-28-29-14-10-25(40)19-33(29)38(32(28)18-24)34-20-26(41)11-15-30(34)31-16-12-27(21-35(31)38)42-36-7-3-1-5-22(36)17-23-6-2-4-8-37(23)42;;/h1-16,18-21H;;. The molecule has 0 unspecified atom stereocenters. The molecule has 0 fully saturated rings. The Bertz CT molecular complexity index is 2100. The Kier molecular flexibility index (Phi) is 5.78. The van der Waals surface area contributed by atoms with Crippen LogP contribution in [0.2, 0.25) is 0 Å². The molecule has 1 spiro atoms. The third-order valence-electron chi connectivity index (χ3n) is 9.50. The number of rotatable bonds is 1. The van der Waals surface area contributed by atoms with Crippen LogP contribution in [0.3, 0.4) is 0 Å². The van der Waals surface area contributed by atoms with Gasteiger partial charge in [-0.1, -0.05) is 0 Å². The average molecular weight is 962 g/mol. The van der Waals surface area contributed by atoms with E-state index in [0.717, 1.165) is 96.4 Å². The Hall–Kier alpha value is -3.25. The van der Waals surface area contributed by atoms with Crippen LogP contribution in [0.15, 0.2) is 121 Å². The maximum absolute atomic E-state index is 15.2. The van der Waals surface area contributed by atoms with Crippen LogP contribution < -0.4 is 4.90 Å². The molecule has 2 aliphatic carbocycles. The number of anilines is 3. The Morgan fingerprint density at radius 3 is 1.27 bits per heavy atom. The van der Waals surface area contributed by atoms with Crippen LogP contribution in [0.4, 0.5) is 30.2 Å². The molecular formula is C38H20F3NPb2. The molecule has 44 heavy (non-hydrogen) atoms. The van der Waals surface area contributed by atoms with Crippen molar-refractivity contribution in [3.05, 3.63) is 172 Å². The zero-order chi connectivity index (χ0) is 30.0. The predicted molar refractivity (Wildman–Crippen MR) is 170 cm³/mol. The van der Waals surface area contributed by atoms with E-state index < -0.39 is 5.41 Å². The molecule has 0 amide bonds. The van der Waals surface area contributed by atoms with Crippen molar-refractivity contribution in [2.75, 3.05) is 4.90 Å². The van der Waals surface area contributed by atoms with Crippen molar-refractivity contribution in [2.24, 2.45) is 0 Å². The van der Waals surface area contributed by atoms with Crippen molar-refractivity contribution in [3.8, 4) is 22.3 Å². The van der Waals surface area contributed by atoms with E-state index in [1.165, 1.54) is 29.3 Å².